The first-order valence-corrected chi connectivity index (χ1v) is 11.9. The van der Waals surface area contributed by atoms with Crippen LogP contribution in [0.4, 0.5) is 5.82 Å². The molecule has 2 fully saturated rings. The van der Waals surface area contributed by atoms with Crippen LogP contribution >= 0.6 is 0 Å². The van der Waals surface area contributed by atoms with E-state index in [9.17, 15) is 9.90 Å². The molecule has 1 saturated carbocycles. The van der Waals surface area contributed by atoms with E-state index in [1.165, 1.54) is 0 Å². The van der Waals surface area contributed by atoms with E-state index in [2.05, 4.69) is 41.4 Å². The Hall–Kier alpha value is -3.78. The number of hydrogen-bond donors (Lipinski definition) is 3. The zero-order chi connectivity index (χ0) is 24.4. The molecule has 11 nitrogen and oxygen atoms in total. The van der Waals surface area contributed by atoms with E-state index in [0.29, 0.717) is 18.3 Å². The van der Waals surface area contributed by atoms with Crippen molar-refractivity contribution in [3.05, 3.63) is 35.8 Å². The molecule has 1 saturated heterocycles. The van der Waals surface area contributed by atoms with Crippen LogP contribution in [0.25, 0.3) is 11.0 Å². The highest BCUT2D eigenvalue weighted by atomic mass is 16.5. The van der Waals surface area contributed by atoms with Gasteiger partial charge in [0.05, 0.1) is 25.2 Å². The van der Waals surface area contributed by atoms with Crippen LogP contribution in [0.15, 0.2) is 24.4 Å². The predicted molar refractivity (Wildman–Crippen MR) is 127 cm³/mol. The molecule has 182 valence electrons. The topological polar surface area (TPSA) is 153 Å². The molecule has 0 aromatic carbocycles. The van der Waals surface area contributed by atoms with Gasteiger partial charge in [-0.05, 0) is 38.3 Å². The number of nitriles is 1. The van der Waals surface area contributed by atoms with Crippen molar-refractivity contribution in [2.24, 2.45) is 11.8 Å². The van der Waals surface area contributed by atoms with Gasteiger partial charge in [0.2, 0.25) is 0 Å². The maximum absolute atomic E-state index is 12.7. The van der Waals surface area contributed by atoms with Gasteiger partial charge in [-0.15, -0.1) is 0 Å². The number of piperidine rings is 1. The third-order valence-electron chi connectivity index (χ3n) is 6.68. The second kappa shape index (κ2) is 9.84. The average molecular weight is 477 g/mol. The molecule has 4 heterocycles. The molecular weight excluding hydrogens is 448 g/mol. The highest BCUT2D eigenvalue weighted by Gasteiger charge is 2.38. The standard InChI is InChI=1S/C24H28N8O3/c1-14(12-33)27-23(34)19-10-20(29-24(28-19)35-13-17-9-16(17)11-25)32-7-4-15(5-8-32)21-18-3-2-6-26-22(18)31-30-21/h2-3,6,10,14-17,33H,4-5,7-9,12-13H2,1H3,(H,27,34)(H,26,30,31)/t14-,16+,17-/m1/s1. The summed E-state index contributed by atoms with van der Waals surface area (Å²) in [4.78, 5) is 28.1. The van der Waals surface area contributed by atoms with E-state index >= 15 is 0 Å². The Morgan fingerprint density at radius 1 is 1.40 bits per heavy atom. The number of rotatable bonds is 8. The van der Waals surface area contributed by atoms with Crippen molar-refractivity contribution < 1.29 is 14.6 Å². The fourth-order valence-electron chi connectivity index (χ4n) is 4.45. The fourth-order valence-corrected chi connectivity index (χ4v) is 4.45. The van der Waals surface area contributed by atoms with Crippen LogP contribution in [0.2, 0.25) is 0 Å². The van der Waals surface area contributed by atoms with Gasteiger partial charge in [-0.2, -0.15) is 20.3 Å². The number of nitrogens with one attached hydrogen (secondary N) is 2. The van der Waals surface area contributed by atoms with Crippen molar-refractivity contribution in [3.8, 4) is 12.1 Å². The van der Waals surface area contributed by atoms with E-state index in [1.807, 2.05) is 12.1 Å². The number of hydrogen-bond acceptors (Lipinski definition) is 9. The lowest BCUT2D eigenvalue weighted by molar-refractivity contribution is 0.0915. The second-order valence-electron chi connectivity index (χ2n) is 9.27. The van der Waals surface area contributed by atoms with Crippen molar-refractivity contribution >= 4 is 22.8 Å². The molecule has 3 aromatic rings. The van der Waals surface area contributed by atoms with Crippen molar-refractivity contribution in [2.45, 2.75) is 38.1 Å². The average Bonchev–Trinajstić information content (AvgIpc) is 3.54. The highest BCUT2D eigenvalue weighted by Crippen LogP contribution is 2.38. The summed E-state index contributed by atoms with van der Waals surface area (Å²) in [6, 6.07) is 7.59. The van der Waals surface area contributed by atoms with Gasteiger partial charge in [-0.1, -0.05) is 0 Å². The maximum atomic E-state index is 12.7. The van der Waals surface area contributed by atoms with Crippen molar-refractivity contribution in [1.82, 2.24) is 30.5 Å². The van der Waals surface area contributed by atoms with Crippen molar-refractivity contribution in [2.75, 3.05) is 31.2 Å². The molecule has 1 amide bonds. The van der Waals surface area contributed by atoms with Crippen LogP contribution in [0, 0.1) is 23.2 Å². The minimum absolute atomic E-state index is 0.0131. The summed E-state index contributed by atoms with van der Waals surface area (Å²) in [6.07, 6.45) is 4.33. The molecule has 0 bridgehead atoms. The normalized spacial score (nSPS) is 20.9. The molecule has 3 aromatic heterocycles. The van der Waals surface area contributed by atoms with Crippen LogP contribution in [0.3, 0.4) is 0 Å². The SMILES string of the molecule is C[C@H](CO)NC(=O)c1cc(N2CCC(c3[nH]nc4ncccc34)CC2)nc(OC[C@H]2C[C@H]2C#N)n1. The van der Waals surface area contributed by atoms with E-state index in [4.69, 9.17) is 10.00 Å². The summed E-state index contributed by atoms with van der Waals surface area (Å²) in [5.74, 6) is 0.739. The highest BCUT2D eigenvalue weighted by molar-refractivity contribution is 5.93. The number of carbonyl (C=O) groups excluding carboxylic acids is 1. The lowest BCUT2D eigenvalue weighted by Crippen LogP contribution is -2.36. The van der Waals surface area contributed by atoms with E-state index in [0.717, 1.165) is 49.1 Å². The number of nitrogens with zero attached hydrogens (tertiary/aromatic N) is 6. The molecule has 0 unspecified atom stereocenters. The lowest BCUT2D eigenvalue weighted by Gasteiger charge is -2.32. The number of carbonyl (C=O) groups is 1. The Bertz CT molecular complexity index is 1250. The Balaban J connectivity index is 1.32. The minimum Gasteiger partial charge on any atom is -0.463 e. The third-order valence-corrected chi connectivity index (χ3v) is 6.68. The molecule has 1 aliphatic carbocycles. The van der Waals surface area contributed by atoms with Gasteiger partial charge in [0.15, 0.2) is 5.65 Å². The summed E-state index contributed by atoms with van der Waals surface area (Å²) >= 11 is 0. The zero-order valence-electron chi connectivity index (χ0n) is 19.5. The number of aromatic amines is 1. The number of amides is 1. The van der Waals surface area contributed by atoms with Crippen LogP contribution in [0.1, 0.15) is 48.3 Å². The van der Waals surface area contributed by atoms with Gasteiger partial charge < -0.3 is 20.1 Å². The second-order valence-corrected chi connectivity index (χ2v) is 9.27. The Labute approximate surface area is 202 Å². The number of aromatic nitrogens is 5. The molecule has 5 rings (SSSR count). The Kier molecular flexibility index (Phi) is 6.46. The molecule has 1 aliphatic heterocycles. The summed E-state index contributed by atoms with van der Waals surface area (Å²) in [5.41, 5.74) is 2.02. The van der Waals surface area contributed by atoms with Gasteiger partial charge in [-0.3, -0.25) is 9.89 Å². The van der Waals surface area contributed by atoms with Gasteiger partial charge in [0.25, 0.3) is 5.91 Å². The number of anilines is 1. The number of aliphatic hydroxyl groups excluding tert-OH is 1. The number of ether oxygens (including phenoxy) is 1. The van der Waals surface area contributed by atoms with Crippen molar-refractivity contribution in [1.29, 1.82) is 5.26 Å². The fraction of sp³-hybridized carbons (Fsp3) is 0.500. The summed E-state index contributed by atoms with van der Waals surface area (Å²) in [5, 5.41) is 29.6. The minimum atomic E-state index is -0.400. The van der Waals surface area contributed by atoms with Crippen molar-refractivity contribution in [3.63, 3.8) is 0 Å². The number of pyridine rings is 1. The molecule has 3 atom stereocenters. The molecule has 2 aliphatic rings. The Morgan fingerprint density at radius 3 is 2.97 bits per heavy atom. The smallest absolute Gasteiger partial charge is 0.319 e. The maximum Gasteiger partial charge on any atom is 0.319 e. The molecule has 0 radical (unpaired) electrons. The Morgan fingerprint density at radius 2 is 2.23 bits per heavy atom. The number of H-pyrrole nitrogens is 1. The number of aliphatic hydroxyl groups is 1. The number of fused-ring (bicyclic) bond motifs is 1. The van der Waals surface area contributed by atoms with Crippen LogP contribution in [0.5, 0.6) is 6.01 Å². The van der Waals surface area contributed by atoms with Crippen LogP contribution in [-0.4, -0.2) is 68.5 Å². The predicted octanol–water partition coefficient (Wildman–Crippen LogP) is 1.78. The first kappa shape index (κ1) is 23.0. The van der Waals surface area contributed by atoms with E-state index in [-0.39, 0.29) is 30.1 Å². The van der Waals surface area contributed by atoms with Gasteiger partial charge in [0.1, 0.15) is 11.5 Å². The van der Waals surface area contributed by atoms with Crippen LogP contribution < -0.4 is 15.0 Å². The van der Waals surface area contributed by atoms with Gasteiger partial charge >= 0.3 is 6.01 Å². The monoisotopic (exact) mass is 476 g/mol. The zero-order valence-corrected chi connectivity index (χ0v) is 19.5. The lowest BCUT2D eigenvalue weighted by atomic mass is 9.92. The summed E-state index contributed by atoms with van der Waals surface area (Å²) in [6.45, 7) is 3.38. The van der Waals surface area contributed by atoms with Gasteiger partial charge in [0, 0.05) is 54.3 Å². The largest absolute Gasteiger partial charge is 0.463 e. The first-order chi connectivity index (χ1) is 17.1. The first-order valence-electron chi connectivity index (χ1n) is 11.9. The van der Waals surface area contributed by atoms with E-state index in [1.54, 1.807) is 19.2 Å². The third kappa shape index (κ3) is 5.02. The summed E-state index contributed by atoms with van der Waals surface area (Å²) in [7, 11) is 0. The molecular formula is C24H28N8O3. The van der Waals surface area contributed by atoms with E-state index < -0.39 is 11.9 Å². The molecule has 0 spiro atoms. The van der Waals surface area contributed by atoms with Gasteiger partial charge in [-0.25, -0.2) is 4.98 Å². The molecule has 3 N–H and O–H groups in total. The molecule has 11 heteroatoms. The van der Waals surface area contributed by atoms with Crippen LogP contribution in [-0.2, 0) is 0 Å². The molecule has 35 heavy (non-hydrogen) atoms. The summed E-state index contributed by atoms with van der Waals surface area (Å²) < 4.78 is 5.79. The quantitative estimate of drug-likeness (QED) is 0.441.